The van der Waals surface area contributed by atoms with E-state index in [0.717, 1.165) is 51.5 Å². The van der Waals surface area contributed by atoms with Crippen molar-refractivity contribution in [1.82, 2.24) is 10.2 Å². The zero-order chi connectivity index (χ0) is 17.7. The van der Waals surface area contributed by atoms with E-state index in [2.05, 4.69) is 23.3 Å². The maximum absolute atomic E-state index is 12.8. The number of aliphatic hydroxyl groups is 1. The van der Waals surface area contributed by atoms with E-state index in [1.165, 1.54) is 5.57 Å². The molecule has 0 spiro atoms. The van der Waals surface area contributed by atoms with E-state index in [0.29, 0.717) is 24.4 Å². The maximum atomic E-state index is 12.8. The lowest BCUT2D eigenvalue weighted by atomic mass is 9.69. The van der Waals surface area contributed by atoms with Gasteiger partial charge < -0.3 is 15.0 Å². The first-order valence-corrected chi connectivity index (χ1v) is 9.80. The number of amides is 1. The van der Waals surface area contributed by atoms with Gasteiger partial charge in [0.25, 0.3) is 0 Å². The third-order valence-corrected chi connectivity index (χ3v) is 6.89. The van der Waals surface area contributed by atoms with Crippen LogP contribution in [0.25, 0.3) is 0 Å². The number of hydrogen-bond acceptors (Lipinski definition) is 4. The molecule has 1 amide bonds. The normalized spacial score (nSPS) is 42.4. The number of likely N-dealkylation sites (tertiary alicyclic amines) is 1. The van der Waals surface area contributed by atoms with Gasteiger partial charge >= 0.3 is 0 Å². The SMILES string of the molecule is C/N=C\C[C@@H]1CCCN1C(=O)CNC1(C)C=C2CC3CC(O)(CC23)C1. The van der Waals surface area contributed by atoms with Crippen LogP contribution in [-0.2, 0) is 4.79 Å². The van der Waals surface area contributed by atoms with Crippen molar-refractivity contribution >= 4 is 12.1 Å². The van der Waals surface area contributed by atoms with Gasteiger partial charge in [-0.3, -0.25) is 10.1 Å². The minimum Gasteiger partial charge on any atom is -0.390 e. The lowest BCUT2D eigenvalue weighted by molar-refractivity contribution is -0.131. The fourth-order valence-electron chi connectivity index (χ4n) is 5.81. The van der Waals surface area contributed by atoms with E-state index < -0.39 is 5.60 Å². The number of nitrogens with zero attached hydrogens (tertiary/aromatic N) is 2. The minimum absolute atomic E-state index is 0.180. The highest BCUT2D eigenvalue weighted by Gasteiger charge is 2.55. The Balaban J connectivity index is 1.40. The molecule has 3 fully saturated rings. The number of hydrogen-bond donors (Lipinski definition) is 2. The Morgan fingerprint density at radius 1 is 1.52 bits per heavy atom. The molecule has 0 radical (unpaired) electrons. The summed E-state index contributed by atoms with van der Waals surface area (Å²) in [5, 5.41) is 14.5. The summed E-state index contributed by atoms with van der Waals surface area (Å²) in [6.07, 6.45) is 11.0. The Hall–Kier alpha value is -1.20. The van der Waals surface area contributed by atoms with Gasteiger partial charge in [-0.1, -0.05) is 11.6 Å². The van der Waals surface area contributed by atoms with Crippen LogP contribution in [0.2, 0.25) is 0 Å². The second-order valence-electron chi connectivity index (χ2n) is 8.93. The van der Waals surface area contributed by atoms with E-state index in [9.17, 15) is 9.90 Å². The molecule has 4 unspecified atom stereocenters. The van der Waals surface area contributed by atoms with Crippen LogP contribution in [0, 0.1) is 11.8 Å². The molecule has 4 rings (SSSR count). The van der Waals surface area contributed by atoms with Crippen LogP contribution < -0.4 is 5.32 Å². The van der Waals surface area contributed by atoms with E-state index in [1.54, 1.807) is 7.05 Å². The molecule has 2 saturated carbocycles. The van der Waals surface area contributed by atoms with Crippen molar-refractivity contribution in [3.63, 3.8) is 0 Å². The molecule has 5 heteroatoms. The van der Waals surface area contributed by atoms with Crippen molar-refractivity contribution < 1.29 is 9.90 Å². The van der Waals surface area contributed by atoms with Crippen LogP contribution in [-0.4, -0.2) is 59.4 Å². The van der Waals surface area contributed by atoms with E-state index >= 15 is 0 Å². The Labute approximate surface area is 150 Å². The Morgan fingerprint density at radius 3 is 3.16 bits per heavy atom. The molecule has 4 aliphatic rings. The molecule has 1 aliphatic heterocycles. The molecule has 3 aliphatic carbocycles. The van der Waals surface area contributed by atoms with Crippen LogP contribution >= 0.6 is 0 Å². The Morgan fingerprint density at radius 2 is 2.36 bits per heavy atom. The number of rotatable bonds is 5. The van der Waals surface area contributed by atoms with Crippen LogP contribution in [0.15, 0.2) is 16.6 Å². The summed E-state index contributed by atoms with van der Waals surface area (Å²) in [5.41, 5.74) is 0.668. The molecular formula is C20H31N3O2. The van der Waals surface area contributed by atoms with Gasteiger partial charge in [-0.15, -0.1) is 0 Å². The van der Waals surface area contributed by atoms with Crippen LogP contribution in [0.1, 0.15) is 51.9 Å². The molecule has 25 heavy (non-hydrogen) atoms. The van der Waals surface area contributed by atoms with Crippen molar-refractivity contribution in [2.75, 3.05) is 20.1 Å². The van der Waals surface area contributed by atoms with E-state index in [1.807, 2.05) is 11.1 Å². The molecule has 0 aromatic rings. The van der Waals surface area contributed by atoms with Gasteiger partial charge in [0.05, 0.1) is 12.1 Å². The largest absolute Gasteiger partial charge is 0.390 e. The fourth-order valence-corrected chi connectivity index (χ4v) is 5.81. The summed E-state index contributed by atoms with van der Waals surface area (Å²) in [6, 6.07) is 0.297. The minimum atomic E-state index is -0.553. The predicted octanol–water partition coefficient (Wildman–Crippen LogP) is 1.91. The number of carbonyl (C=O) groups excluding carboxylic acids is 1. The number of aliphatic imine (C=N–C) groups is 1. The predicted molar refractivity (Wildman–Crippen MR) is 98.7 cm³/mol. The first-order chi connectivity index (χ1) is 11.9. The summed E-state index contributed by atoms with van der Waals surface area (Å²) >= 11 is 0. The maximum Gasteiger partial charge on any atom is 0.236 e. The topological polar surface area (TPSA) is 64.9 Å². The molecule has 5 nitrogen and oxygen atoms in total. The van der Waals surface area contributed by atoms with Crippen molar-refractivity contribution in [3.05, 3.63) is 11.6 Å². The monoisotopic (exact) mass is 345 g/mol. The van der Waals surface area contributed by atoms with Gasteiger partial charge in [-0.05, 0) is 57.3 Å². The third-order valence-electron chi connectivity index (χ3n) is 6.89. The van der Waals surface area contributed by atoms with Gasteiger partial charge in [0.2, 0.25) is 5.91 Å². The van der Waals surface area contributed by atoms with Crippen molar-refractivity contribution in [3.8, 4) is 0 Å². The van der Waals surface area contributed by atoms with Crippen LogP contribution in [0.5, 0.6) is 0 Å². The van der Waals surface area contributed by atoms with Gasteiger partial charge in [-0.2, -0.15) is 0 Å². The summed E-state index contributed by atoms with van der Waals surface area (Å²) in [4.78, 5) is 18.8. The standard InChI is InChI=1S/C20H31N3O2/c1-19(9-14-8-15-10-20(25,13-19)11-17(14)15)22-12-18(24)23-7-3-4-16(23)5-6-21-2/h6,9,15-17,22,25H,3-5,7-8,10-13H2,1-2H3/b21-6-/t15?,16-,17?,19?,20?/m0/s1. The van der Waals surface area contributed by atoms with Gasteiger partial charge in [0.1, 0.15) is 0 Å². The average molecular weight is 345 g/mol. The van der Waals surface area contributed by atoms with E-state index in [4.69, 9.17) is 0 Å². The van der Waals surface area contributed by atoms with Crippen LogP contribution in [0.4, 0.5) is 0 Å². The molecular weight excluding hydrogens is 314 g/mol. The number of allylic oxidation sites excluding steroid dienone is 1. The van der Waals surface area contributed by atoms with Crippen LogP contribution in [0.3, 0.4) is 0 Å². The summed E-state index contributed by atoms with van der Waals surface area (Å²) < 4.78 is 0. The summed E-state index contributed by atoms with van der Waals surface area (Å²) in [7, 11) is 1.78. The summed E-state index contributed by atoms with van der Waals surface area (Å²) in [6.45, 7) is 3.35. The lowest BCUT2D eigenvalue weighted by Gasteiger charge is -2.40. The Bertz CT molecular complexity index is 616. The molecule has 2 bridgehead atoms. The smallest absolute Gasteiger partial charge is 0.236 e. The highest BCUT2D eigenvalue weighted by Crippen LogP contribution is 2.59. The molecule has 0 aromatic carbocycles. The van der Waals surface area contributed by atoms with Gasteiger partial charge in [0, 0.05) is 37.8 Å². The fraction of sp³-hybridized carbons (Fsp3) is 0.800. The van der Waals surface area contributed by atoms with Crippen molar-refractivity contribution in [1.29, 1.82) is 0 Å². The number of fused-ring (bicyclic) bond motifs is 1. The third kappa shape index (κ3) is 3.17. The average Bonchev–Trinajstić information content (AvgIpc) is 3.09. The highest BCUT2D eigenvalue weighted by molar-refractivity contribution is 5.79. The zero-order valence-electron chi connectivity index (χ0n) is 15.5. The van der Waals surface area contributed by atoms with Crippen molar-refractivity contribution in [2.24, 2.45) is 16.8 Å². The first kappa shape index (κ1) is 17.2. The molecule has 0 aromatic heterocycles. The van der Waals surface area contributed by atoms with E-state index in [-0.39, 0.29) is 11.4 Å². The molecule has 1 heterocycles. The second-order valence-corrected chi connectivity index (χ2v) is 8.93. The Kier molecular flexibility index (Phi) is 4.27. The summed E-state index contributed by atoms with van der Waals surface area (Å²) in [5.74, 6) is 1.48. The highest BCUT2D eigenvalue weighted by atomic mass is 16.3. The van der Waals surface area contributed by atoms with Crippen molar-refractivity contribution in [2.45, 2.75) is 69.1 Å². The molecule has 138 valence electrons. The first-order valence-electron chi connectivity index (χ1n) is 9.80. The quantitative estimate of drug-likeness (QED) is 0.591. The number of nitrogens with one attached hydrogen (secondary N) is 1. The molecule has 1 saturated heterocycles. The van der Waals surface area contributed by atoms with Gasteiger partial charge in [0.15, 0.2) is 0 Å². The zero-order valence-corrected chi connectivity index (χ0v) is 15.5. The molecule has 5 atom stereocenters. The number of carbonyl (C=O) groups is 1. The lowest BCUT2D eigenvalue weighted by Crippen LogP contribution is -2.52. The molecule has 2 N–H and O–H groups in total. The van der Waals surface area contributed by atoms with Gasteiger partial charge in [-0.25, -0.2) is 0 Å². The second kappa shape index (κ2) is 6.20.